The third kappa shape index (κ3) is 5.30. The van der Waals surface area contributed by atoms with E-state index in [1.54, 1.807) is 12.1 Å². The van der Waals surface area contributed by atoms with E-state index in [1.165, 1.54) is 5.56 Å². The molecule has 0 aliphatic rings. The number of anilines is 1. The first kappa shape index (κ1) is 16.2. The van der Waals surface area contributed by atoms with Crippen LogP contribution in [-0.4, -0.2) is 18.6 Å². The van der Waals surface area contributed by atoms with Crippen molar-refractivity contribution in [1.29, 1.82) is 0 Å². The van der Waals surface area contributed by atoms with Gasteiger partial charge in [-0.05, 0) is 44.2 Å². The molecule has 5 heteroatoms. The molecule has 0 radical (unpaired) electrons. The fourth-order valence-electron chi connectivity index (χ4n) is 1.86. The van der Waals surface area contributed by atoms with Gasteiger partial charge in [-0.2, -0.15) is 0 Å². The van der Waals surface area contributed by atoms with Gasteiger partial charge in [0, 0.05) is 10.7 Å². The van der Waals surface area contributed by atoms with Crippen LogP contribution in [0.5, 0.6) is 5.75 Å². The molecule has 116 valence electrons. The molecular formula is C17H20ClN3O. The Bertz CT molecular complexity index is 641. The van der Waals surface area contributed by atoms with Crippen LogP contribution in [0.2, 0.25) is 5.02 Å². The highest BCUT2D eigenvalue weighted by atomic mass is 35.5. The number of aryl methyl sites for hydroxylation is 1. The van der Waals surface area contributed by atoms with Crippen LogP contribution in [0, 0.1) is 6.92 Å². The Kier molecular flexibility index (Phi) is 5.67. The average Bonchev–Trinajstić information content (AvgIpc) is 2.48. The molecule has 0 aliphatic carbocycles. The zero-order chi connectivity index (χ0) is 15.9. The highest BCUT2D eigenvalue weighted by Crippen LogP contribution is 2.18. The fourth-order valence-corrected chi connectivity index (χ4v) is 2.04. The Morgan fingerprint density at radius 3 is 2.68 bits per heavy atom. The SMILES string of the molecule is Cc1ccc(NC(N)=NCC(C)Oc2cccc(Cl)c2)cc1. The quantitative estimate of drug-likeness (QED) is 0.650. The molecule has 0 spiro atoms. The van der Waals surface area contributed by atoms with Crippen molar-refractivity contribution in [3.63, 3.8) is 0 Å². The molecule has 3 N–H and O–H groups in total. The number of nitrogens with one attached hydrogen (secondary N) is 1. The first-order valence-electron chi connectivity index (χ1n) is 7.09. The Labute approximate surface area is 136 Å². The van der Waals surface area contributed by atoms with Gasteiger partial charge in [-0.3, -0.25) is 0 Å². The summed E-state index contributed by atoms with van der Waals surface area (Å²) < 4.78 is 5.74. The summed E-state index contributed by atoms with van der Waals surface area (Å²) in [5.74, 6) is 1.09. The zero-order valence-corrected chi connectivity index (χ0v) is 13.5. The van der Waals surface area contributed by atoms with Crippen LogP contribution in [0.1, 0.15) is 12.5 Å². The van der Waals surface area contributed by atoms with E-state index in [0.717, 1.165) is 11.4 Å². The summed E-state index contributed by atoms with van der Waals surface area (Å²) in [6.07, 6.45) is -0.100. The molecule has 2 aromatic rings. The fraction of sp³-hybridized carbons (Fsp3) is 0.235. The smallest absolute Gasteiger partial charge is 0.193 e. The lowest BCUT2D eigenvalue weighted by Crippen LogP contribution is -2.25. The highest BCUT2D eigenvalue weighted by Gasteiger charge is 2.04. The third-order valence-corrected chi connectivity index (χ3v) is 3.21. The molecule has 2 aromatic carbocycles. The first-order valence-corrected chi connectivity index (χ1v) is 7.46. The summed E-state index contributed by atoms with van der Waals surface area (Å²) in [5, 5.41) is 3.70. The highest BCUT2D eigenvalue weighted by molar-refractivity contribution is 6.30. The number of guanidine groups is 1. The molecule has 0 aromatic heterocycles. The Balaban J connectivity index is 1.85. The monoisotopic (exact) mass is 317 g/mol. The molecule has 0 heterocycles. The second-order valence-corrected chi connectivity index (χ2v) is 5.54. The lowest BCUT2D eigenvalue weighted by molar-refractivity contribution is 0.230. The van der Waals surface area contributed by atoms with Gasteiger partial charge in [0.15, 0.2) is 5.96 Å². The van der Waals surface area contributed by atoms with Crippen LogP contribution in [0.3, 0.4) is 0 Å². The Hall–Kier alpha value is -2.20. The molecule has 0 amide bonds. The Morgan fingerprint density at radius 2 is 2.00 bits per heavy atom. The molecule has 2 rings (SSSR count). The van der Waals surface area contributed by atoms with Gasteiger partial charge >= 0.3 is 0 Å². The van der Waals surface area contributed by atoms with Gasteiger partial charge in [-0.1, -0.05) is 35.4 Å². The van der Waals surface area contributed by atoms with Gasteiger partial charge in [0.05, 0.1) is 6.54 Å². The van der Waals surface area contributed by atoms with Crippen molar-refractivity contribution >= 4 is 23.2 Å². The van der Waals surface area contributed by atoms with Gasteiger partial charge < -0.3 is 15.8 Å². The summed E-state index contributed by atoms with van der Waals surface area (Å²) in [4.78, 5) is 4.29. The lowest BCUT2D eigenvalue weighted by Gasteiger charge is -2.13. The van der Waals surface area contributed by atoms with Crippen LogP contribution in [-0.2, 0) is 0 Å². The van der Waals surface area contributed by atoms with E-state index in [4.69, 9.17) is 22.1 Å². The molecule has 1 atom stereocenters. The van der Waals surface area contributed by atoms with Gasteiger partial charge in [-0.15, -0.1) is 0 Å². The largest absolute Gasteiger partial charge is 0.489 e. The minimum atomic E-state index is -0.100. The van der Waals surface area contributed by atoms with Gasteiger partial charge in [0.1, 0.15) is 11.9 Å². The molecule has 1 unspecified atom stereocenters. The molecular weight excluding hydrogens is 298 g/mol. The van der Waals surface area contributed by atoms with E-state index in [0.29, 0.717) is 17.5 Å². The third-order valence-electron chi connectivity index (χ3n) is 2.98. The summed E-state index contributed by atoms with van der Waals surface area (Å²) in [6, 6.07) is 15.2. The van der Waals surface area contributed by atoms with Crippen LogP contribution in [0.15, 0.2) is 53.5 Å². The molecule has 4 nitrogen and oxygen atoms in total. The lowest BCUT2D eigenvalue weighted by atomic mass is 10.2. The molecule has 22 heavy (non-hydrogen) atoms. The molecule has 0 bridgehead atoms. The van der Waals surface area contributed by atoms with Crippen LogP contribution in [0.25, 0.3) is 0 Å². The second kappa shape index (κ2) is 7.71. The maximum atomic E-state index is 5.92. The van der Waals surface area contributed by atoms with Gasteiger partial charge in [0.2, 0.25) is 0 Å². The second-order valence-electron chi connectivity index (χ2n) is 5.10. The van der Waals surface area contributed by atoms with E-state index in [1.807, 2.05) is 50.2 Å². The number of rotatable bonds is 5. The number of hydrogen-bond acceptors (Lipinski definition) is 2. The van der Waals surface area contributed by atoms with Crippen molar-refractivity contribution in [1.82, 2.24) is 0 Å². The summed E-state index contributed by atoms with van der Waals surface area (Å²) in [6.45, 7) is 4.43. The maximum Gasteiger partial charge on any atom is 0.193 e. The standard InChI is InChI=1S/C17H20ClN3O/c1-12-6-8-15(9-7-12)21-17(19)20-11-13(2)22-16-5-3-4-14(18)10-16/h3-10,13H,11H2,1-2H3,(H3,19,20,21). The predicted octanol–water partition coefficient (Wildman–Crippen LogP) is 3.84. The minimum absolute atomic E-state index is 0.100. The summed E-state index contributed by atoms with van der Waals surface area (Å²) in [5.41, 5.74) is 7.98. The van der Waals surface area contributed by atoms with Crippen molar-refractivity contribution in [2.45, 2.75) is 20.0 Å². The Morgan fingerprint density at radius 1 is 1.27 bits per heavy atom. The van der Waals surface area contributed by atoms with E-state index in [-0.39, 0.29) is 6.10 Å². The van der Waals surface area contributed by atoms with E-state index < -0.39 is 0 Å². The zero-order valence-electron chi connectivity index (χ0n) is 12.7. The van der Waals surface area contributed by atoms with E-state index in [2.05, 4.69) is 10.3 Å². The number of aliphatic imine (C=N–C) groups is 1. The number of hydrogen-bond donors (Lipinski definition) is 2. The molecule has 0 fully saturated rings. The molecule has 0 aliphatic heterocycles. The van der Waals surface area contributed by atoms with Crippen molar-refractivity contribution in [2.75, 3.05) is 11.9 Å². The van der Waals surface area contributed by atoms with Gasteiger partial charge in [-0.25, -0.2) is 4.99 Å². The van der Waals surface area contributed by atoms with Crippen molar-refractivity contribution in [3.8, 4) is 5.75 Å². The normalized spacial score (nSPS) is 12.8. The number of nitrogens with two attached hydrogens (primary N) is 1. The minimum Gasteiger partial charge on any atom is -0.489 e. The van der Waals surface area contributed by atoms with Crippen LogP contribution >= 0.6 is 11.6 Å². The number of nitrogens with zero attached hydrogens (tertiary/aromatic N) is 1. The topological polar surface area (TPSA) is 59.6 Å². The maximum absolute atomic E-state index is 5.92. The molecule has 0 saturated heterocycles. The van der Waals surface area contributed by atoms with Crippen molar-refractivity contribution in [2.24, 2.45) is 10.7 Å². The van der Waals surface area contributed by atoms with Crippen molar-refractivity contribution in [3.05, 3.63) is 59.1 Å². The number of benzene rings is 2. The van der Waals surface area contributed by atoms with E-state index >= 15 is 0 Å². The molecule has 0 saturated carbocycles. The number of halogens is 1. The first-order chi connectivity index (χ1) is 10.5. The van der Waals surface area contributed by atoms with Crippen LogP contribution < -0.4 is 15.8 Å². The average molecular weight is 318 g/mol. The predicted molar refractivity (Wildman–Crippen MR) is 92.8 cm³/mol. The van der Waals surface area contributed by atoms with Crippen LogP contribution in [0.4, 0.5) is 5.69 Å². The number of ether oxygens (including phenoxy) is 1. The van der Waals surface area contributed by atoms with Gasteiger partial charge in [0.25, 0.3) is 0 Å². The summed E-state index contributed by atoms with van der Waals surface area (Å²) >= 11 is 5.92. The summed E-state index contributed by atoms with van der Waals surface area (Å²) in [7, 11) is 0. The van der Waals surface area contributed by atoms with Crippen molar-refractivity contribution < 1.29 is 4.74 Å². The van der Waals surface area contributed by atoms with E-state index in [9.17, 15) is 0 Å².